The average molecular weight is 245 g/mol. The molecule has 1 saturated carbocycles. The minimum atomic E-state index is 0.452. The first-order valence-corrected chi connectivity index (χ1v) is 7.51. The van der Waals surface area contributed by atoms with Crippen molar-refractivity contribution in [3.05, 3.63) is 35.4 Å². The summed E-state index contributed by atoms with van der Waals surface area (Å²) in [6, 6.07) is 9.60. The number of aryl methyl sites for hydroxylation is 1. The van der Waals surface area contributed by atoms with Crippen molar-refractivity contribution in [2.24, 2.45) is 11.7 Å². The van der Waals surface area contributed by atoms with Gasteiger partial charge in [-0.25, -0.2) is 0 Å². The molecule has 0 aliphatic heterocycles. The topological polar surface area (TPSA) is 26.0 Å². The second kappa shape index (κ2) is 6.38. The lowest BCUT2D eigenvalue weighted by Gasteiger charge is -2.28. The largest absolute Gasteiger partial charge is 0.327 e. The van der Waals surface area contributed by atoms with E-state index in [-0.39, 0.29) is 0 Å². The molecule has 2 atom stereocenters. The lowest BCUT2D eigenvalue weighted by molar-refractivity contribution is 0.292. The molecule has 0 heterocycles. The number of rotatable bonds is 4. The molecule has 2 rings (SSSR count). The van der Waals surface area contributed by atoms with Crippen LogP contribution in [0.1, 0.15) is 63.0 Å². The quantitative estimate of drug-likeness (QED) is 0.842. The summed E-state index contributed by atoms with van der Waals surface area (Å²) in [4.78, 5) is 0. The number of hydrogen-bond acceptors (Lipinski definition) is 1. The molecule has 0 saturated heterocycles. The predicted octanol–water partition coefficient (Wildman–Crippen LogP) is 4.26. The first-order chi connectivity index (χ1) is 8.66. The summed E-state index contributed by atoms with van der Waals surface area (Å²) in [5, 5.41) is 0. The molecule has 1 fully saturated rings. The second-order valence-electron chi connectivity index (χ2n) is 6.14. The van der Waals surface area contributed by atoms with Gasteiger partial charge in [0, 0.05) is 6.04 Å². The molecule has 0 amide bonds. The maximum Gasteiger partial charge on any atom is 0.00672 e. The zero-order chi connectivity index (χ0) is 13.0. The van der Waals surface area contributed by atoms with Crippen LogP contribution in [0.5, 0.6) is 0 Å². The van der Waals surface area contributed by atoms with Gasteiger partial charge >= 0.3 is 0 Å². The molecule has 1 aliphatic rings. The normalized spacial score (nSPS) is 24.4. The van der Waals surface area contributed by atoms with E-state index in [1.807, 2.05) is 0 Å². The van der Waals surface area contributed by atoms with Crippen LogP contribution in [0.4, 0.5) is 0 Å². The van der Waals surface area contributed by atoms with Gasteiger partial charge < -0.3 is 5.73 Å². The van der Waals surface area contributed by atoms with Gasteiger partial charge in [-0.05, 0) is 48.6 Å². The first-order valence-electron chi connectivity index (χ1n) is 7.51. The fraction of sp³-hybridized carbons (Fsp3) is 0.647. The van der Waals surface area contributed by atoms with Crippen LogP contribution >= 0.6 is 0 Å². The second-order valence-corrected chi connectivity index (χ2v) is 6.14. The molecule has 0 aromatic heterocycles. The molecule has 0 spiro atoms. The van der Waals surface area contributed by atoms with E-state index in [0.717, 1.165) is 5.92 Å². The molecule has 1 aromatic carbocycles. The third-order valence-electron chi connectivity index (χ3n) is 4.42. The van der Waals surface area contributed by atoms with E-state index >= 15 is 0 Å². The van der Waals surface area contributed by atoms with Gasteiger partial charge in [0.05, 0.1) is 0 Å². The summed E-state index contributed by atoms with van der Waals surface area (Å²) >= 11 is 0. The summed E-state index contributed by atoms with van der Waals surface area (Å²) in [7, 11) is 0. The highest BCUT2D eigenvalue weighted by atomic mass is 14.7. The fourth-order valence-electron chi connectivity index (χ4n) is 3.02. The number of nitrogens with two attached hydrogens (primary N) is 1. The third kappa shape index (κ3) is 3.58. The predicted molar refractivity (Wildman–Crippen MR) is 78.8 cm³/mol. The van der Waals surface area contributed by atoms with Crippen molar-refractivity contribution in [1.82, 2.24) is 0 Å². The molecule has 1 aliphatic carbocycles. The van der Waals surface area contributed by atoms with E-state index in [1.54, 1.807) is 0 Å². The molecule has 0 bridgehead atoms. The van der Waals surface area contributed by atoms with Gasteiger partial charge in [-0.2, -0.15) is 0 Å². The van der Waals surface area contributed by atoms with Crippen molar-refractivity contribution in [3.8, 4) is 0 Å². The Kier molecular flexibility index (Phi) is 4.82. The van der Waals surface area contributed by atoms with Gasteiger partial charge in [0.15, 0.2) is 0 Å². The molecular weight excluding hydrogens is 218 g/mol. The number of hydrogen-bond donors (Lipinski definition) is 1. The Morgan fingerprint density at radius 1 is 1.11 bits per heavy atom. The lowest BCUT2D eigenvalue weighted by Crippen LogP contribution is -2.33. The van der Waals surface area contributed by atoms with Gasteiger partial charge in [0.1, 0.15) is 0 Å². The zero-order valence-corrected chi connectivity index (χ0v) is 11.9. The fourth-order valence-corrected chi connectivity index (χ4v) is 3.02. The van der Waals surface area contributed by atoms with Crippen LogP contribution in [0.25, 0.3) is 0 Å². The van der Waals surface area contributed by atoms with Crippen LogP contribution < -0.4 is 5.73 Å². The van der Waals surface area contributed by atoms with Crippen molar-refractivity contribution in [2.75, 3.05) is 0 Å². The molecule has 1 nitrogen and oxygen atoms in total. The Labute approximate surface area is 112 Å². The monoisotopic (exact) mass is 245 g/mol. The minimum Gasteiger partial charge on any atom is -0.327 e. The Morgan fingerprint density at radius 3 is 2.39 bits per heavy atom. The van der Waals surface area contributed by atoms with Crippen molar-refractivity contribution < 1.29 is 0 Å². The van der Waals surface area contributed by atoms with Crippen LogP contribution in [0.3, 0.4) is 0 Å². The highest BCUT2D eigenvalue weighted by Crippen LogP contribution is 2.27. The van der Waals surface area contributed by atoms with E-state index in [1.165, 1.54) is 49.7 Å². The van der Waals surface area contributed by atoms with Gasteiger partial charge in [-0.15, -0.1) is 0 Å². The van der Waals surface area contributed by atoms with Gasteiger partial charge in [-0.1, -0.05) is 51.0 Å². The van der Waals surface area contributed by atoms with Gasteiger partial charge in [0.25, 0.3) is 0 Å². The highest BCUT2D eigenvalue weighted by molar-refractivity contribution is 5.24. The third-order valence-corrected chi connectivity index (χ3v) is 4.42. The molecular formula is C17H27N. The van der Waals surface area contributed by atoms with Gasteiger partial charge in [0.2, 0.25) is 0 Å². The summed E-state index contributed by atoms with van der Waals surface area (Å²) in [6.45, 7) is 4.49. The molecule has 1 heteroatoms. The van der Waals surface area contributed by atoms with Crippen molar-refractivity contribution in [2.45, 2.75) is 64.3 Å². The molecule has 18 heavy (non-hydrogen) atoms. The summed E-state index contributed by atoms with van der Waals surface area (Å²) < 4.78 is 0. The van der Waals surface area contributed by atoms with Crippen molar-refractivity contribution >= 4 is 0 Å². The Morgan fingerprint density at radius 2 is 1.78 bits per heavy atom. The molecule has 0 radical (unpaired) electrons. The minimum absolute atomic E-state index is 0.452. The molecule has 1 aromatic rings. The maximum absolute atomic E-state index is 6.21. The van der Waals surface area contributed by atoms with Crippen molar-refractivity contribution in [1.29, 1.82) is 0 Å². The summed E-state index contributed by atoms with van der Waals surface area (Å²) in [6.07, 6.45) is 7.74. The van der Waals surface area contributed by atoms with Crippen LogP contribution in [0.15, 0.2) is 24.3 Å². The Balaban J connectivity index is 1.85. The van der Waals surface area contributed by atoms with E-state index in [9.17, 15) is 0 Å². The standard InChI is InChI=1S/C17H27N/c1-13(2)15-10-7-14(8-11-15)9-12-16-5-3-4-6-17(16)18/h7-8,10-11,13,16-17H,3-6,9,12,18H2,1-2H3. The zero-order valence-electron chi connectivity index (χ0n) is 11.9. The Hall–Kier alpha value is -0.820. The first kappa shape index (κ1) is 13.6. The average Bonchev–Trinajstić information content (AvgIpc) is 2.38. The SMILES string of the molecule is CC(C)c1ccc(CCC2CCCCC2N)cc1. The molecule has 100 valence electrons. The van der Waals surface area contributed by atoms with Crippen molar-refractivity contribution in [3.63, 3.8) is 0 Å². The van der Waals surface area contributed by atoms with E-state index in [4.69, 9.17) is 5.73 Å². The molecule has 2 N–H and O–H groups in total. The van der Waals surface area contributed by atoms with E-state index < -0.39 is 0 Å². The smallest absolute Gasteiger partial charge is 0.00672 e. The highest BCUT2D eigenvalue weighted by Gasteiger charge is 2.21. The molecule has 2 unspecified atom stereocenters. The summed E-state index contributed by atoms with van der Waals surface area (Å²) in [5.41, 5.74) is 9.11. The number of benzene rings is 1. The maximum atomic E-state index is 6.21. The van der Waals surface area contributed by atoms with Crippen LogP contribution in [0, 0.1) is 5.92 Å². The van der Waals surface area contributed by atoms with E-state index in [0.29, 0.717) is 12.0 Å². The van der Waals surface area contributed by atoms with Crippen LogP contribution in [0.2, 0.25) is 0 Å². The van der Waals surface area contributed by atoms with Crippen LogP contribution in [-0.2, 0) is 6.42 Å². The lowest BCUT2D eigenvalue weighted by atomic mass is 9.81. The summed E-state index contributed by atoms with van der Waals surface area (Å²) in [5.74, 6) is 1.38. The van der Waals surface area contributed by atoms with E-state index in [2.05, 4.69) is 38.1 Å². The Bertz CT molecular complexity index is 352. The van der Waals surface area contributed by atoms with Gasteiger partial charge in [-0.3, -0.25) is 0 Å². The van der Waals surface area contributed by atoms with Crippen LogP contribution in [-0.4, -0.2) is 6.04 Å².